The molecular formula is C11H11FN2O4. The first-order valence-electron chi connectivity index (χ1n) is 5.40. The zero-order valence-corrected chi connectivity index (χ0v) is 9.38. The Bertz CT molecular complexity index is 506. The maximum absolute atomic E-state index is 13.2. The number of nitro benzene ring substituents is 1. The lowest BCUT2D eigenvalue weighted by Gasteiger charge is -2.17. The number of hydrogen-bond donors (Lipinski definition) is 1. The summed E-state index contributed by atoms with van der Waals surface area (Å²) < 4.78 is 13.2. The molecule has 1 aliphatic rings. The SMILES string of the molecule is O=C(O)C1CCN(c2cc(F)cc([N+](=O)[O-])c2)C1. The molecule has 0 aromatic heterocycles. The Balaban J connectivity index is 2.24. The van der Waals surface area contributed by atoms with Gasteiger partial charge in [-0.15, -0.1) is 0 Å². The van der Waals surface area contributed by atoms with E-state index in [0.29, 0.717) is 18.7 Å². The Morgan fingerprint density at radius 2 is 2.22 bits per heavy atom. The van der Waals surface area contributed by atoms with Crippen molar-refractivity contribution in [3.63, 3.8) is 0 Å². The predicted octanol–water partition coefficient (Wildman–Crippen LogP) is 1.64. The standard InChI is InChI=1S/C11H11FN2O4/c12-8-3-9(5-10(4-8)14(17)18)13-2-1-7(6-13)11(15)16/h3-5,7H,1-2,6H2,(H,15,16). The van der Waals surface area contributed by atoms with Gasteiger partial charge < -0.3 is 10.0 Å². The number of carbonyl (C=O) groups is 1. The molecule has 1 atom stereocenters. The molecule has 1 N–H and O–H groups in total. The Labute approximate surface area is 102 Å². The Hall–Kier alpha value is -2.18. The number of nitro groups is 1. The summed E-state index contributed by atoms with van der Waals surface area (Å²) >= 11 is 0. The number of aliphatic carboxylic acids is 1. The average Bonchev–Trinajstić information content (AvgIpc) is 2.77. The molecule has 0 radical (unpaired) electrons. The zero-order valence-electron chi connectivity index (χ0n) is 9.38. The molecule has 1 heterocycles. The number of hydrogen-bond acceptors (Lipinski definition) is 4. The molecule has 0 amide bonds. The topological polar surface area (TPSA) is 83.7 Å². The Morgan fingerprint density at radius 3 is 2.78 bits per heavy atom. The Kier molecular flexibility index (Phi) is 3.14. The summed E-state index contributed by atoms with van der Waals surface area (Å²) in [5.74, 6) is -2.10. The summed E-state index contributed by atoms with van der Waals surface area (Å²) in [6.45, 7) is 0.702. The van der Waals surface area contributed by atoms with Crippen LogP contribution in [-0.4, -0.2) is 29.1 Å². The van der Waals surface area contributed by atoms with Gasteiger partial charge >= 0.3 is 5.97 Å². The van der Waals surface area contributed by atoms with Crippen LogP contribution in [0.15, 0.2) is 18.2 Å². The van der Waals surface area contributed by atoms with Crippen LogP contribution in [0.5, 0.6) is 0 Å². The van der Waals surface area contributed by atoms with Crippen molar-refractivity contribution in [1.29, 1.82) is 0 Å². The summed E-state index contributed by atoms with van der Waals surface area (Å²) in [4.78, 5) is 22.4. The van der Waals surface area contributed by atoms with Crippen molar-refractivity contribution >= 4 is 17.3 Å². The molecule has 1 aliphatic heterocycles. The molecule has 0 spiro atoms. The minimum atomic E-state index is -0.900. The van der Waals surface area contributed by atoms with Crippen LogP contribution in [0, 0.1) is 21.8 Å². The first kappa shape index (κ1) is 12.3. The van der Waals surface area contributed by atoms with Gasteiger partial charge in [0.2, 0.25) is 0 Å². The van der Waals surface area contributed by atoms with Gasteiger partial charge in [-0.2, -0.15) is 0 Å². The van der Waals surface area contributed by atoms with Crippen LogP contribution in [0.2, 0.25) is 0 Å². The first-order valence-corrected chi connectivity index (χ1v) is 5.40. The number of non-ortho nitro benzene ring substituents is 1. The van der Waals surface area contributed by atoms with Crippen molar-refractivity contribution in [2.45, 2.75) is 6.42 Å². The van der Waals surface area contributed by atoms with Crippen LogP contribution < -0.4 is 4.90 Å². The number of nitrogens with zero attached hydrogens (tertiary/aromatic N) is 2. The average molecular weight is 254 g/mol. The van der Waals surface area contributed by atoms with Gasteiger partial charge in [0.25, 0.3) is 5.69 Å². The molecule has 1 aromatic carbocycles. The van der Waals surface area contributed by atoms with Crippen LogP contribution in [0.1, 0.15) is 6.42 Å². The van der Waals surface area contributed by atoms with Crippen molar-refractivity contribution in [1.82, 2.24) is 0 Å². The molecule has 18 heavy (non-hydrogen) atoms. The molecule has 1 saturated heterocycles. The molecule has 7 heteroatoms. The molecule has 0 saturated carbocycles. The van der Waals surface area contributed by atoms with Crippen molar-refractivity contribution in [3.8, 4) is 0 Å². The maximum Gasteiger partial charge on any atom is 0.308 e. The van der Waals surface area contributed by atoms with E-state index in [1.54, 1.807) is 4.90 Å². The van der Waals surface area contributed by atoms with Gasteiger partial charge in [0.05, 0.1) is 16.9 Å². The van der Waals surface area contributed by atoms with Gasteiger partial charge in [0.1, 0.15) is 5.82 Å². The fraction of sp³-hybridized carbons (Fsp3) is 0.364. The van der Waals surface area contributed by atoms with E-state index in [4.69, 9.17) is 5.11 Å². The number of carboxylic acid groups (broad SMARTS) is 1. The van der Waals surface area contributed by atoms with Gasteiger partial charge in [-0.3, -0.25) is 14.9 Å². The minimum absolute atomic E-state index is 0.246. The van der Waals surface area contributed by atoms with Gasteiger partial charge in [-0.1, -0.05) is 0 Å². The number of anilines is 1. The van der Waals surface area contributed by atoms with Gasteiger partial charge in [-0.25, -0.2) is 4.39 Å². The molecule has 96 valence electrons. The largest absolute Gasteiger partial charge is 0.481 e. The van der Waals surface area contributed by atoms with Gasteiger partial charge in [0.15, 0.2) is 0 Å². The third kappa shape index (κ3) is 2.39. The van der Waals surface area contributed by atoms with Crippen LogP contribution in [0.4, 0.5) is 15.8 Å². The van der Waals surface area contributed by atoms with Crippen LogP contribution >= 0.6 is 0 Å². The monoisotopic (exact) mass is 254 g/mol. The smallest absolute Gasteiger partial charge is 0.308 e. The van der Waals surface area contributed by atoms with Gasteiger partial charge in [-0.05, 0) is 12.5 Å². The summed E-state index contributed by atoms with van der Waals surface area (Å²) in [5.41, 5.74) is 0.0224. The summed E-state index contributed by atoms with van der Waals surface area (Å²) in [6.07, 6.45) is 0.458. The third-order valence-corrected chi connectivity index (χ3v) is 2.98. The van der Waals surface area contributed by atoms with Crippen LogP contribution in [0.25, 0.3) is 0 Å². The summed E-state index contributed by atoms with van der Waals surface area (Å²) in [7, 11) is 0. The van der Waals surface area contributed by atoms with E-state index >= 15 is 0 Å². The van der Waals surface area contributed by atoms with E-state index in [9.17, 15) is 19.3 Å². The number of benzene rings is 1. The van der Waals surface area contributed by atoms with Crippen molar-refractivity contribution in [2.24, 2.45) is 5.92 Å². The first-order chi connectivity index (χ1) is 8.47. The van der Waals surface area contributed by atoms with Gasteiger partial charge in [0, 0.05) is 24.8 Å². The fourth-order valence-corrected chi connectivity index (χ4v) is 2.04. The van der Waals surface area contributed by atoms with Crippen LogP contribution in [0.3, 0.4) is 0 Å². The highest BCUT2D eigenvalue weighted by Crippen LogP contribution is 2.28. The molecule has 0 bridgehead atoms. The van der Waals surface area contributed by atoms with E-state index in [0.717, 1.165) is 6.07 Å². The molecule has 1 unspecified atom stereocenters. The molecule has 0 aliphatic carbocycles. The van der Waals surface area contributed by atoms with E-state index < -0.39 is 22.6 Å². The third-order valence-electron chi connectivity index (χ3n) is 2.98. The quantitative estimate of drug-likeness (QED) is 0.654. The lowest BCUT2D eigenvalue weighted by atomic mass is 10.1. The van der Waals surface area contributed by atoms with Crippen molar-refractivity contribution in [2.75, 3.05) is 18.0 Å². The second-order valence-electron chi connectivity index (χ2n) is 4.19. The zero-order chi connectivity index (χ0) is 13.3. The minimum Gasteiger partial charge on any atom is -0.481 e. The molecule has 1 fully saturated rings. The number of rotatable bonds is 3. The second kappa shape index (κ2) is 4.59. The van der Waals surface area contributed by atoms with Crippen molar-refractivity contribution in [3.05, 3.63) is 34.1 Å². The molecule has 2 rings (SSSR count). The lowest BCUT2D eigenvalue weighted by Crippen LogP contribution is -2.22. The highest BCUT2D eigenvalue weighted by molar-refractivity contribution is 5.72. The molecule has 6 nitrogen and oxygen atoms in total. The lowest BCUT2D eigenvalue weighted by molar-refractivity contribution is -0.385. The Morgan fingerprint density at radius 1 is 1.50 bits per heavy atom. The molecule has 1 aromatic rings. The summed E-state index contributed by atoms with van der Waals surface area (Å²) in [5, 5.41) is 19.5. The van der Waals surface area contributed by atoms with E-state index in [1.807, 2.05) is 0 Å². The maximum atomic E-state index is 13.2. The normalized spacial score (nSPS) is 18.9. The van der Waals surface area contributed by atoms with E-state index in [-0.39, 0.29) is 12.2 Å². The predicted molar refractivity (Wildman–Crippen MR) is 61.0 cm³/mol. The highest BCUT2D eigenvalue weighted by Gasteiger charge is 2.29. The highest BCUT2D eigenvalue weighted by atomic mass is 19.1. The van der Waals surface area contributed by atoms with E-state index in [2.05, 4.69) is 0 Å². The summed E-state index contributed by atoms with van der Waals surface area (Å²) in [6, 6.07) is 3.28. The second-order valence-corrected chi connectivity index (χ2v) is 4.19. The van der Waals surface area contributed by atoms with E-state index in [1.165, 1.54) is 12.1 Å². The van der Waals surface area contributed by atoms with Crippen LogP contribution in [-0.2, 0) is 4.79 Å². The molecular weight excluding hydrogens is 243 g/mol. The number of halogens is 1. The van der Waals surface area contributed by atoms with Crippen molar-refractivity contribution < 1.29 is 19.2 Å². The fourth-order valence-electron chi connectivity index (χ4n) is 2.04. The number of carboxylic acids is 1.